The van der Waals surface area contributed by atoms with Crippen molar-refractivity contribution in [2.45, 2.75) is 78.4 Å². The monoisotopic (exact) mass is 272 g/mol. The fourth-order valence-electron chi connectivity index (χ4n) is 2.54. The van der Waals surface area contributed by atoms with Crippen molar-refractivity contribution in [3.8, 4) is 0 Å². The number of nitrogens with one attached hydrogen (secondary N) is 1. The van der Waals surface area contributed by atoms with E-state index in [1.165, 1.54) is 19.3 Å². The number of ether oxygens (including phenoxy) is 1. The first-order valence-electron chi connectivity index (χ1n) is 7.89. The van der Waals surface area contributed by atoms with Gasteiger partial charge < -0.3 is 10.1 Å². The van der Waals surface area contributed by atoms with Crippen molar-refractivity contribution < 1.29 is 4.74 Å². The molecule has 19 heavy (non-hydrogen) atoms. The lowest BCUT2D eigenvalue weighted by molar-refractivity contribution is 0.0742. The minimum absolute atomic E-state index is 0.189. The molecule has 0 heterocycles. The van der Waals surface area contributed by atoms with E-state index in [2.05, 4.69) is 51.8 Å². The van der Waals surface area contributed by atoms with E-state index in [1.54, 1.807) is 7.11 Å². The number of hydrogen-bond donors (Lipinski definition) is 1. The molecule has 116 valence electrons. The van der Waals surface area contributed by atoms with Gasteiger partial charge in [0.25, 0.3) is 0 Å². The summed E-state index contributed by atoms with van der Waals surface area (Å²) >= 11 is 0. The Balaban J connectivity index is 4.65. The van der Waals surface area contributed by atoms with Crippen LogP contribution in [0.4, 0.5) is 0 Å². The van der Waals surface area contributed by atoms with Crippen molar-refractivity contribution in [1.29, 1.82) is 0 Å². The minimum atomic E-state index is 0.189. The maximum Gasteiger partial charge on any atom is 0.0589 e. The van der Waals surface area contributed by atoms with Crippen molar-refractivity contribution >= 4 is 0 Å². The summed E-state index contributed by atoms with van der Waals surface area (Å²) in [4.78, 5) is 2.64. The molecule has 0 spiro atoms. The van der Waals surface area contributed by atoms with Crippen LogP contribution in [0.1, 0.15) is 60.8 Å². The van der Waals surface area contributed by atoms with Crippen LogP contribution >= 0.6 is 0 Å². The van der Waals surface area contributed by atoms with Crippen LogP contribution in [0.3, 0.4) is 0 Å². The lowest BCUT2D eigenvalue weighted by atomic mass is 10.0. The maximum absolute atomic E-state index is 5.29. The Morgan fingerprint density at radius 1 is 1.00 bits per heavy atom. The number of methoxy groups -OCH3 is 1. The number of rotatable bonds is 10. The Labute approximate surface area is 121 Å². The lowest BCUT2D eigenvalue weighted by Crippen LogP contribution is -2.51. The standard InChI is InChI=1S/C16H36N2O/c1-8-14(9-2)18(11-12-19-7)15(10-3)13-17-16(4,5)6/h14-15,17H,8-13H2,1-7H3. The van der Waals surface area contributed by atoms with Crippen LogP contribution in [0.2, 0.25) is 0 Å². The molecule has 0 aliphatic heterocycles. The Morgan fingerprint density at radius 3 is 1.89 bits per heavy atom. The van der Waals surface area contributed by atoms with Crippen molar-refractivity contribution in [3.05, 3.63) is 0 Å². The van der Waals surface area contributed by atoms with Crippen molar-refractivity contribution in [3.63, 3.8) is 0 Å². The molecule has 0 aromatic heterocycles. The second-order valence-corrected chi connectivity index (χ2v) is 6.39. The van der Waals surface area contributed by atoms with Gasteiger partial charge in [0, 0.05) is 37.8 Å². The van der Waals surface area contributed by atoms with E-state index >= 15 is 0 Å². The van der Waals surface area contributed by atoms with Crippen LogP contribution in [0.25, 0.3) is 0 Å². The molecule has 3 nitrogen and oxygen atoms in total. The second-order valence-electron chi connectivity index (χ2n) is 6.39. The van der Waals surface area contributed by atoms with Gasteiger partial charge in [0.15, 0.2) is 0 Å². The summed E-state index contributed by atoms with van der Waals surface area (Å²) in [6.07, 6.45) is 3.61. The molecule has 0 aromatic carbocycles. The highest BCUT2D eigenvalue weighted by Crippen LogP contribution is 2.15. The van der Waals surface area contributed by atoms with Crippen LogP contribution < -0.4 is 5.32 Å². The quantitative estimate of drug-likeness (QED) is 0.660. The van der Waals surface area contributed by atoms with Crippen molar-refractivity contribution in [2.75, 3.05) is 26.8 Å². The van der Waals surface area contributed by atoms with Gasteiger partial charge in [0.05, 0.1) is 6.61 Å². The normalized spacial score (nSPS) is 14.4. The Kier molecular flexibility index (Phi) is 9.67. The summed E-state index contributed by atoms with van der Waals surface area (Å²) in [7, 11) is 1.79. The van der Waals surface area contributed by atoms with Crippen LogP contribution in [-0.2, 0) is 4.74 Å². The second kappa shape index (κ2) is 9.73. The van der Waals surface area contributed by atoms with Gasteiger partial charge in [-0.15, -0.1) is 0 Å². The van der Waals surface area contributed by atoms with E-state index in [9.17, 15) is 0 Å². The summed E-state index contributed by atoms with van der Waals surface area (Å²) in [5.41, 5.74) is 0.189. The first-order valence-corrected chi connectivity index (χ1v) is 7.89. The van der Waals surface area contributed by atoms with E-state index in [0.29, 0.717) is 12.1 Å². The van der Waals surface area contributed by atoms with Crippen LogP contribution in [0.5, 0.6) is 0 Å². The van der Waals surface area contributed by atoms with Gasteiger partial charge in [0.1, 0.15) is 0 Å². The third-order valence-electron chi connectivity index (χ3n) is 3.77. The molecule has 1 atom stereocenters. The first-order chi connectivity index (χ1) is 8.89. The van der Waals surface area contributed by atoms with E-state index in [4.69, 9.17) is 4.74 Å². The van der Waals surface area contributed by atoms with Gasteiger partial charge >= 0.3 is 0 Å². The van der Waals surface area contributed by atoms with Crippen molar-refractivity contribution in [2.24, 2.45) is 0 Å². The van der Waals surface area contributed by atoms with Gasteiger partial charge in [-0.25, -0.2) is 0 Å². The summed E-state index contributed by atoms with van der Waals surface area (Å²) in [5, 5.41) is 3.65. The zero-order chi connectivity index (χ0) is 14.9. The lowest BCUT2D eigenvalue weighted by Gasteiger charge is -2.38. The number of nitrogens with zero attached hydrogens (tertiary/aromatic N) is 1. The van der Waals surface area contributed by atoms with Crippen LogP contribution in [0, 0.1) is 0 Å². The van der Waals surface area contributed by atoms with Gasteiger partial charge in [-0.2, -0.15) is 0 Å². The molecule has 0 saturated carbocycles. The topological polar surface area (TPSA) is 24.5 Å². The summed E-state index contributed by atoms with van der Waals surface area (Å²) in [5.74, 6) is 0. The SMILES string of the molecule is CCC(CC)N(CCOC)C(CC)CNC(C)(C)C. The van der Waals surface area contributed by atoms with Crippen LogP contribution in [0.15, 0.2) is 0 Å². The highest BCUT2D eigenvalue weighted by Gasteiger charge is 2.24. The summed E-state index contributed by atoms with van der Waals surface area (Å²) in [6.45, 7) is 16.5. The summed E-state index contributed by atoms with van der Waals surface area (Å²) in [6, 6.07) is 1.26. The predicted molar refractivity (Wildman–Crippen MR) is 84.8 cm³/mol. The van der Waals surface area contributed by atoms with Crippen molar-refractivity contribution in [1.82, 2.24) is 10.2 Å². The van der Waals surface area contributed by atoms with Crippen LogP contribution in [-0.4, -0.2) is 49.3 Å². The van der Waals surface area contributed by atoms with E-state index in [1.807, 2.05) is 0 Å². The molecule has 0 radical (unpaired) electrons. The van der Waals surface area contributed by atoms with Gasteiger partial charge in [-0.05, 0) is 40.0 Å². The zero-order valence-corrected chi connectivity index (χ0v) is 14.3. The average Bonchev–Trinajstić information content (AvgIpc) is 2.35. The molecular weight excluding hydrogens is 236 g/mol. The minimum Gasteiger partial charge on any atom is -0.383 e. The van der Waals surface area contributed by atoms with Gasteiger partial charge in [0.2, 0.25) is 0 Å². The highest BCUT2D eigenvalue weighted by molar-refractivity contribution is 4.82. The molecule has 0 fully saturated rings. The predicted octanol–water partition coefficient (Wildman–Crippen LogP) is 3.29. The molecule has 0 rings (SSSR count). The van der Waals surface area contributed by atoms with E-state index in [-0.39, 0.29) is 5.54 Å². The number of hydrogen-bond acceptors (Lipinski definition) is 3. The fraction of sp³-hybridized carbons (Fsp3) is 1.00. The molecule has 1 unspecified atom stereocenters. The smallest absolute Gasteiger partial charge is 0.0589 e. The molecule has 0 aliphatic carbocycles. The summed E-state index contributed by atoms with van der Waals surface area (Å²) < 4.78 is 5.29. The third-order valence-corrected chi connectivity index (χ3v) is 3.77. The van der Waals surface area contributed by atoms with Gasteiger partial charge in [-0.1, -0.05) is 20.8 Å². The molecule has 0 aromatic rings. The highest BCUT2D eigenvalue weighted by atomic mass is 16.5. The molecular formula is C16H36N2O. The van der Waals surface area contributed by atoms with E-state index < -0.39 is 0 Å². The Bertz CT molecular complexity index is 209. The average molecular weight is 272 g/mol. The maximum atomic E-state index is 5.29. The molecule has 1 N–H and O–H groups in total. The first kappa shape index (κ1) is 18.9. The largest absolute Gasteiger partial charge is 0.383 e. The molecule has 0 amide bonds. The molecule has 0 aliphatic rings. The van der Waals surface area contributed by atoms with Gasteiger partial charge in [-0.3, -0.25) is 4.90 Å². The third kappa shape index (κ3) is 7.91. The Morgan fingerprint density at radius 2 is 1.53 bits per heavy atom. The fourth-order valence-corrected chi connectivity index (χ4v) is 2.54. The molecule has 0 bridgehead atoms. The molecule has 3 heteroatoms. The molecule has 0 saturated heterocycles. The van der Waals surface area contributed by atoms with E-state index in [0.717, 1.165) is 19.7 Å². The zero-order valence-electron chi connectivity index (χ0n) is 14.3. The Hall–Kier alpha value is -0.120.